The summed E-state index contributed by atoms with van der Waals surface area (Å²) in [6.07, 6.45) is 2.54. The SMILES string of the molecule is CS(=O)(=O)N1CCC(CNC(=O)c2cccc(S(=O)(=O)NCc3ccccc3)c2)CC1. The van der Waals surface area contributed by atoms with Crippen LogP contribution in [0.25, 0.3) is 0 Å². The normalized spacial score (nSPS) is 16.2. The molecule has 2 aromatic carbocycles. The topological polar surface area (TPSA) is 113 Å². The number of carbonyl (C=O) groups excluding carboxylic acids is 1. The lowest BCUT2D eigenvalue weighted by Crippen LogP contribution is -2.41. The number of hydrogen-bond donors (Lipinski definition) is 2. The Hall–Kier alpha value is -2.27. The Kier molecular flexibility index (Phi) is 7.47. The summed E-state index contributed by atoms with van der Waals surface area (Å²) in [7, 11) is -6.94. The first-order valence-electron chi connectivity index (χ1n) is 10.0. The van der Waals surface area contributed by atoms with E-state index in [-0.39, 0.29) is 28.8 Å². The van der Waals surface area contributed by atoms with Gasteiger partial charge in [-0.3, -0.25) is 4.79 Å². The van der Waals surface area contributed by atoms with E-state index in [0.717, 1.165) is 5.56 Å². The third kappa shape index (κ3) is 6.60. The fraction of sp³-hybridized carbons (Fsp3) is 0.381. The Bertz CT molecular complexity index is 1110. The Balaban J connectivity index is 1.56. The number of carbonyl (C=O) groups is 1. The van der Waals surface area contributed by atoms with Crippen molar-refractivity contribution in [3.63, 3.8) is 0 Å². The van der Waals surface area contributed by atoms with Gasteiger partial charge in [0.05, 0.1) is 11.2 Å². The fourth-order valence-corrected chi connectivity index (χ4v) is 5.38. The standard InChI is InChI=1S/C21H27N3O5S2/c1-30(26,27)24-12-10-18(11-13-24)15-22-21(25)19-8-5-9-20(14-19)31(28,29)23-16-17-6-3-2-4-7-17/h2-9,14,18,23H,10-13,15-16H2,1H3,(H,22,25). The molecule has 1 saturated heterocycles. The predicted molar refractivity (Wildman–Crippen MR) is 118 cm³/mol. The molecule has 2 N–H and O–H groups in total. The highest BCUT2D eigenvalue weighted by Crippen LogP contribution is 2.19. The van der Waals surface area contributed by atoms with Crippen LogP contribution >= 0.6 is 0 Å². The van der Waals surface area contributed by atoms with Gasteiger partial charge in [0, 0.05) is 31.7 Å². The van der Waals surface area contributed by atoms with Crippen molar-refractivity contribution in [2.75, 3.05) is 25.9 Å². The lowest BCUT2D eigenvalue weighted by atomic mass is 9.98. The minimum atomic E-state index is -3.76. The molecular weight excluding hydrogens is 438 g/mol. The van der Waals surface area contributed by atoms with Crippen LogP contribution in [0.5, 0.6) is 0 Å². The molecule has 0 atom stereocenters. The monoisotopic (exact) mass is 465 g/mol. The van der Waals surface area contributed by atoms with Gasteiger partial charge in [-0.05, 0) is 42.5 Å². The van der Waals surface area contributed by atoms with Crippen LogP contribution < -0.4 is 10.0 Å². The largest absolute Gasteiger partial charge is 0.352 e. The lowest BCUT2D eigenvalue weighted by molar-refractivity contribution is 0.0941. The molecule has 1 aliphatic heterocycles. The molecule has 0 bridgehead atoms. The Morgan fingerprint density at radius 2 is 1.68 bits per heavy atom. The second kappa shape index (κ2) is 9.90. The van der Waals surface area contributed by atoms with Crippen LogP contribution in [-0.2, 0) is 26.6 Å². The van der Waals surface area contributed by atoms with E-state index in [4.69, 9.17) is 0 Å². The maximum absolute atomic E-state index is 12.6. The van der Waals surface area contributed by atoms with Crippen LogP contribution in [0.15, 0.2) is 59.5 Å². The summed E-state index contributed by atoms with van der Waals surface area (Å²) in [4.78, 5) is 12.6. The lowest BCUT2D eigenvalue weighted by Gasteiger charge is -2.30. The van der Waals surface area contributed by atoms with E-state index in [0.29, 0.717) is 32.5 Å². The van der Waals surface area contributed by atoms with E-state index in [2.05, 4.69) is 10.0 Å². The summed E-state index contributed by atoms with van der Waals surface area (Å²) >= 11 is 0. The predicted octanol–water partition coefficient (Wildman–Crippen LogP) is 1.57. The number of sulfonamides is 2. The van der Waals surface area contributed by atoms with Gasteiger partial charge in [-0.1, -0.05) is 36.4 Å². The molecule has 0 radical (unpaired) electrons. The van der Waals surface area contributed by atoms with Gasteiger partial charge in [0.1, 0.15) is 0 Å². The minimum Gasteiger partial charge on any atom is -0.352 e. The van der Waals surface area contributed by atoms with Gasteiger partial charge in [-0.2, -0.15) is 0 Å². The van der Waals surface area contributed by atoms with E-state index in [1.54, 1.807) is 6.07 Å². The average molecular weight is 466 g/mol. The number of nitrogens with zero attached hydrogens (tertiary/aromatic N) is 1. The Morgan fingerprint density at radius 1 is 1.00 bits per heavy atom. The number of nitrogens with one attached hydrogen (secondary N) is 2. The third-order valence-corrected chi connectivity index (χ3v) is 8.01. The van der Waals surface area contributed by atoms with Crippen molar-refractivity contribution in [3.8, 4) is 0 Å². The van der Waals surface area contributed by atoms with Crippen molar-refractivity contribution < 1.29 is 21.6 Å². The van der Waals surface area contributed by atoms with Crippen molar-refractivity contribution in [2.24, 2.45) is 5.92 Å². The molecule has 1 amide bonds. The first-order chi connectivity index (χ1) is 14.6. The first kappa shape index (κ1) is 23.4. The quantitative estimate of drug-likeness (QED) is 0.614. The molecule has 0 spiro atoms. The van der Waals surface area contributed by atoms with Gasteiger partial charge in [0.2, 0.25) is 20.0 Å². The van der Waals surface area contributed by atoms with Crippen LogP contribution in [0, 0.1) is 5.92 Å². The van der Waals surface area contributed by atoms with Gasteiger partial charge < -0.3 is 5.32 Å². The van der Waals surface area contributed by atoms with Crippen LogP contribution in [-0.4, -0.2) is 52.9 Å². The Labute approximate surface area is 183 Å². The van der Waals surface area contributed by atoms with Crippen molar-refractivity contribution in [3.05, 3.63) is 65.7 Å². The number of amides is 1. The first-order valence-corrected chi connectivity index (χ1v) is 13.4. The van der Waals surface area contributed by atoms with E-state index in [1.807, 2.05) is 30.3 Å². The zero-order chi connectivity index (χ0) is 22.5. The minimum absolute atomic E-state index is 0.0255. The number of rotatable bonds is 8. The van der Waals surface area contributed by atoms with Gasteiger partial charge in [0.15, 0.2) is 0 Å². The molecule has 31 heavy (non-hydrogen) atoms. The van der Waals surface area contributed by atoms with E-state index >= 15 is 0 Å². The summed E-state index contributed by atoms with van der Waals surface area (Å²) < 4.78 is 52.4. The highest BCUT2D eigenvalue weighted by molar-refractivity contribution is 7.89. The Morgan fingerprint density at radius 3 is 2.32 bits per heavy atom. The molecule has 10 heteroatoms. The zero-order valence-corrected chi connectivity index (χ0v) is 19.0. The van der Waals surface area contributed by atoms with Crippen molar-refractivity contribution in [1.29, 1.82) is 0 Å². The van der Waals surface area contributed by atoms with Crippen LogP contribution in [0.1, 0.15) is 28.8 Å². The van der Waals surface area contributed by atoms with Crippen LogP contribution in [0.4, 0.5) is 0 Å². The van der Waals surface area contributed by atoms with E-state index in [1.165, 1.54) is 28.8 Å². The van der Waals surface area contributed by atoms with E-state index < -0.39 is 20.0 Å². The van der Waals surface area contributed by atoms with Crippen LogP contribution in [0.3, 0.4) is 0 Å². The van der Waals surface area contributed by atoms with E-state index in [9.17, 15) is 21.6 Å². The summed E-state index contributed by atoms with van der Waals surface area (Å²) in [5.41, 5.74) is 1.10. The molecule has 8 nitrogen and oxygen atoms in total. The molecule has 0 unspecified atom stereocenters. The highest BCUT2D eigenvalue weighted by atomic mass is 32.2. The molecule has 0 aliphatic carbocycles. The molecule has 1 aliphatic rings. The maximum atomic E-state index is 12.6. The molecule has 0 saturated carbocycles. The molecule has 0 aromatic heterocycles. The third-order valence-electron chi connectivity index (χ3n) is 5.31. The zero-order valence-electron chi connectivity index (χ0n) is 17.3. The van der Waals surface area contributed by atoms with Crippen LogP contribution in [0.2, 0.25) is 0 Å². The molecule has 2 aromatic rings. The second-order valence-electron chi connectivity index (χ2n) is 7.65. The molecule has 1 fully saturated rings. The summed E-state index contributed by atoms with van der Waals surface area (Å²) in [5.74, 6) is -0.174. The summed E-state index contributed by atoms with van der Waals surface area (Å²) in [6, 6.07) is 15.1. The fourth-order valence-electron chi connectivity index (χ4n) is 3.45. The number of piperidine rings is 1. The highest BCUT2D eigenvalue weighted by Gasteiger charge is 2.25. The average Bonchev–Trinajstić information content (AvgIpc) is 2.76. The van der Waals surface area contributed by atoms with Gasteiger partial charge >= 0.3 is 0 Å². The second-order valence-corrected chi connectivity index (χ2v) is 11.4. The van der Waals surface area contributed by atoms with Gasteiger partial charge in [-0.25, -0.2) is 25.9 Å². The summed E-state index contributed by atoms with van der Waals surface area (Å²) in [5, 5.41) is 2.84. The molecule has 3 rings (SSSR count). The van der Waals surface area contributed by atoms with Crippen molar-refractivity contribution in [1.82, 2.24) is 14.3 Å². The number of hydrogen-bond acceptors (Lipinski definition) is 5. The van der Waals surface area contributed by atoms with Gasteiger partial charge in [0.25, 0.3) is 5.91 Å². The van der Waals surface area contributed by atoms with Crippen molar-refractivity contribution >= 4 is 26.0 Å². The van der Waals surface area contributed by atoms with Crippen molar-refractivity contribution in [2.45, 2.75) is 24.3 Å². The molecular formula is C21H27N3O5S2. The van der Waals surface area contributed by atoms with Gasteiger partial charge in [-0.15, -0.1) is 0 Å². The number of benzene rings is 2. The summed E-state index contributed by atoms with van der Waals surface area (Å²) in [6.45, 7) is 1.46. The maximum Gasteiger partial charge on any atom is 0.251 e. The smallest absolute Gasteiger partial charge is 0.251 e. The molecule has 168 valence electrons. The molecule has 1 heterocycles.